The number of benzene rings is 1. The highest BCUT2D eigenvalue weighted by molar-refractivity contribution is 7.85. The molecule has 1 aliphatic rings. The van der Waals surface area contributed by atoms with Crippen LogP contribution in [0.5, 0.6) is 0 Å². The maximum absolute atomic E-state index is 11.3. The van der Waals surface area contributed by atoms with Crippen molar-refractivity contribution in [2.24, 2.45) is 5.73 Å². The Kier molecular flexibility index (Phi) is 4.18. The van der Waals surface area contributed by atoms with Gasteiger partial charge < -0.3 is 10.6 Å². The highest BCUT2D eigenvalue weighted by Gasteiger charge is 2.15. The van der Waals surface area contributed by atoms with Gasteiger partial charge in [-0.15, -0.1) is 0 Å². The minimum atomic E-state index is -0.609. The molecule has 94 valence electrons. The first kappa shape index (κ1) is 12.6. The zero-order chi connectivity index (χ0) is 12.3. The van der Waals surface area contributed by atoms with Gasteiger partial charge in [0.25, 0.3) is 0 Å². The second-order valence-corrected chi connectivity index (χ2v) is 6.14. The average molecular weight is 252 g/mol. The lowest BCUT2D eigenvalue weighted by Crippen LogP contribution is -2.37. The fraction of sp³-hybridized carbons (Fsp3) is 0.538. The number of nitrogens with zero attached hydrogens (tertiary/aromatic N) is 1. The van der Waals surface area contributed by atoms with Gasteiger partial charge >= 0.3 is 0 Å². The summed E-state index contributed by atoms with van der Waals surface area (Å²) in [5.41, 5.74) is 8.40. The fourth-order valence-corrected chi connectivity index (χ4v) is 3.12. The minimum Gasteiger partial charge on any atom is -0.370 e. The van der Waals surface area contributed by atoms with Gasteiger partial charge in [-0.05, 0) is 24.1 Å². The summed E-state index contributed by atoms with van der Waals surface area (Å²) in [6.45, 7) is 3.89. The molecule has 2 N–H and O–H groups in total. The molecule has 17 heavy (non-hydrogen) atoms. The summed E-state index contributed by atoms with van der Waals surface area (Å²) in [7, 11) is -0.609. The van der Waals surface area contributed by atoms with Crippen LogP contribution in [0.15, 0.2) is 24.3 Å². The van der Waals surface area contributed by atoms with E-state index in [1.165, 1.54) is 11.3 Å². The third-order valence-corrected chi connectivity index (χ3v) is 4.58. The first-order chi connectivity index (χ1) is 8.20. The molecule has 0 bridgehead atoms. The molecule has 1 saturated heterocycles. The van der Waals surface area contributed by atoms with Gasteiger partial charge in [0, 0.05) is 47.1 Å². The fourth-order valence-electron chi connectivity index (χ4n) is 2.06. The molecule has 1 aliphatic heterocycles. The smallest absolute Gasteiger partial charge is 0.0411 e. The molecule has 3 nitrogen and oxygen atoms in total. The van der Waals surface area contributed by atoms with Crippen molar-refractivity contribution in [1.82, 2.24) is 0 Å². The normalized spacial score (nSPS) is 19.3. The number of hydrogen-bond acceptors (Lipinski definition) is 3. The third-order valence-electron chi connectivity index (χ3n) is 3.30. The van der Waals surface area contributed by atoms with Crippen molar-refractivity contribution in [3.05, 3.63) is 29.8 Å². The highest BCUT2D eigenvalue weighted by Crippen LogP contribution is 2.20. The van der Waals surface area contributed by atoms with Crippen LogP contribution in [0.25, 0.3) is 0 Å². The van der Waals surface area contributed by atoms with Crippen LogP contribution in [-0.4, -0.2) is 28.8 Å². The van der Waals surface area contributed by atoms with E-state index in [0.717, 1.165) is 31.0 Å². The Morgan fingerprint density at radius 3 is 2.41 bits per heavy atom. The second kappa shape index (κ2) is 5.65. The van der Waals surface area contributed by atoms with Gasteiger partial charge in [0.05, 0.1) is 0 Å². The van der Waals surface area contributed by atoms with Crippen LogP contribution in [0.4, 0.5) is 5.69 Å². The molecule has 0 spiro atoms. The third kappa shape index (κ3) is 3.07. The lowest BCUT2D eigenvalue weighted by atomic mass is 10.1. The van der Waals surface area contributed by atoms with Crippen LogP contribution in [0.3, 0.4) is 0 Å². The Morgan fingerprint density at radius 1 is 1.29 bits per heavy atom. The Bertz CT molecular complexity index is 381. The SMILES string of the molecule is CC[C@H](N)c1ccc(N2CCS(=O)CC2)cc1. The van der Waals surface area contributed by atoms with Crippen LogP contribution >= 0.6 is 0 Å². The molecular formula is C13H20N2OS. The number of hydrogen-bond donors (Lipinski definition) is 1. The second-order valence-electron chi connectivity index (χ2n) is 4.44. The summed E-state index contributed by atoms with van der Waals surface area (Å²) in [5, 5.41) is 0. The van der Waals surface area contributed by atoms with E-state index in [4.69, 9.17) is 5.73 Å². The van der Waals surface area contributed by atoms with Crippen molar-refractivity contribution in [2.45, 2.75) is 19.4 Å². The van der Waals surface area contributed by atoms with E-state index in [2.05, 4.69) is 36.1 Å². The van der Waals surface area contributed by atoms with E-state index in [1.54, 1.807) is 0 Å². The van der Waals surface area contributed by atoms with E-state index in [0.29, 0.717) is 0 Å². The summed E-state index contributed by atoms with van der Waals surface area (Å²) in [6, 6.07) is 8.60. The number of nitrogens with two attached hydrogens (primary N) is 1. The number of anilines is 1. The first-order valence-corrected chi connectivity index (χ1v) is 7.65. The molecule has 0 aliphatic carbocycles. The molecule has 1 fully saturated rings. The van der Waals surface area contributed by atoms with Crippen molar-refractivity contribution in [2.75, 3.05) is 29.5 Å². The Labute approximate surface area is 105 Å². The molecule has 1 atom stereocenters. The molecule has 0 amide bonds. The summed E-state index contributed by atoms with van der Waals surface area (Å²) in [5.74, 6) is 1.58. The average Bonchev–Trinajstić information content (AvgIpc) is 2.39. The van der Waals surface area contributed by atoms with Crippen LogP contribution in [0.1, 0.15) is 24.9 Å². The van der Waals surface area contributed by atoms with Gasteiger partial charge in [0.15, 0.2) is 0 Å². The maximum atomic E-state index is 11.3. The van der Waals surface area contributed by atoms with E-state index >= 15 is 0 Å². The zero-order valence-corrected chi connectivity index (χ0v) is 11.1. The zero-order valence-electron chi connectivity index (χ0n) is 10.3. The van der Waals surface area contributed by atoms with Crippen LogP contribution in [-0.2, 0) is 10.8 Å². The van der Waals surface area contributed by atoms with Crippen molar-refractivity contribution in [1.29, 1.82) is 0 Å². The molecule has 0 radical (unpaired) electrons. The van der Waals surface area contributed by atoms with Crippen LogP contribution in [0.2, 0.25) is 0 Å². The van der Waals surface area contributed by atoms with Crippen LogP contribution in [0, 0.1) is 0 Å². The summed E-state index contributed by atoms with van der Waals surface area (Å²) in [6.07, 6.45) is 0.960. The van der Waals surface area contributed by atoms with Gasteiger partial charge in [0.1, 0.15) is 0 Å². The molecule has 1 aromatic carbocycles. The summed E-state index contributed by atoms with van der Waals surface area (Å²) >= 11 is 0. The van der Waals surface area contributed by atoms with Crippen molar-refractivity contribution >= 4 is 16.5 Å². The Morgan fingerprint density at radius 2 is 1.88 bits per heavy atom. The summed E-state index contributed by atoms with van der Waals surface area (Å²) < 4.78 is 11.3. The molecule has 1 aromatic rings. The lowest BCUT2D eigenvalue weighted by molar-refractivity contribution is 0.673. The summed E-state index contributed by atoms with van der Waals surface area (Å²) in [4.78, 5) is 2.29. The molecule has 1 heterocycles. The predicted molar refractivity (Wildman–Crippen MR) is 73.8 cm³/mol. The Hall–Kier alpha value is -0.870. The topological polar surface area (TPSA) is 46.3 Å². The van der Waals surface area contributed by atoms with E-state index in [9.17, 15) is 4.21 Å². The minimum absolute atomic E-state index is 0.137. The molecule has 2 rings (SSSR count). The van der Waals surface area contributed by atoms with Crippen LogP contribution < -0.4 is 10.6 Å². The van der Waals surface area contributed by atoms with Gasteiger partial charge in [0.2, 0.25) is 0 Å². The van der Waals surface area contributed by atoms with Gasteiger partial charge in [-0.1, -0.05) is 19.1 Å². The van der Waals surface area contributed by atoms with Crippen molar-refractivity contribution in [3.8, 4) is 0 Å². The monoisotopic (exact) mass is 252 g/mol. The molecular weight excluding hydrogens is 232 g/mol. The molecule has 0 aromatic heterocycles. The molecule has 0 unspecified atom stereocenters. The standard InChI is InChI=1S/C13H20N2OS/c1-2-13(14)11-3-5-12(6-4-11)15-7-9-17(16)10-8-15/h3-6,13H,2,7-10,14H2,1H3/t13-/m0/s1. The van der Waals surface area contributed by atoms with E-state index in [1.807, 2.05) is 0 Å². The predicted octanol–water partition coefficient (Wildman–Crippen LogP) is 1.67. The van der Waals surface area contributed by atoms with Crippen molar-refractivity contribution < 1.29 is 4.21 Å². The first-order valence-electron chi connectivity index (χ1n) is 6.16. The largest absolute Gasteiger partial charge is 0.370 e. The Balaban J connectivity index is 2.05. The van der Waals surface area contributed by atoms with Gasteiger partial charge in [-0.3, -0.25) is 4.21 Å². The molecule has 0 saturated carbocycles. The van der Waals surface area contributed by atoms with Gasteiger partial charge in [-0.2, -0.15) is 0 Å². The quantitative estimate of drug-likeness (QED) is 0.890. The number of rotatable bonds is 3. The highest BCUT2D eigenvalue weighted by atomic mass is 32.2. The van der Waals surface area contributed by atoms with E-state index in [-0.39, 0.29) is 6.04 Å². The molecule has 4 heteroatoms. The van der Waals surface area contributed by atoms with Crippen molar-refractivity contribution in [3.63, 3.8) is 0 Å². The lowest BCUT2D eigenvalue weighted by Gasteiger charge is -2.28. The van der Waals surface area contributed by atoms with Gasteiger partial charge in [-0.25, -0.2) is 0 Å². The van der Waals surface area contributed by atoms with E-state index < -0.39 is 10.8 Å². The maximum Gasteiger partial charge on any atom is 0.0411 e.